The van der Waals surface area contributed by atoms with Crippen molar-refractivity contribution in [1.29, 1.82) is 0 Å². The van der Waals surface area contributed by atoms with Crippen LogP contribution in [0.2, 0.25) is 0 Å². The van der Waals surface area contributed by atoms with E-state index in [-0.39, 0.29) is 6.54 Å². The predicted molar refractivity (Wildman–Crippen MR) is 79.1 cm³/mol. The van der Waals surface area contributed by atoms with E-state index in [2.05, 4.69) is 17.2 Å². The third-order valence-corrected chi connectivity index (χ3v) is 2.97. The Kier molecular flexibility index (Phi) is 5.16. The number of rotatable bonds is 5. The fraction of sp³-hybridized carbons (Fsp3) is 0.286. The van der Waals surface area contributed by atoms with Gasteiger partial charge in [-0.1, -0.05) is 30.3 Å². The molecule has 0 heterocycles. The first kappa shape index (κ1) is 16.0. The number of urea groups is 1. The molecule has 6 heteroatoms. The molecule has 0 aliphatic heterocycles. The molecular weight excluding hydrogens is 280 g/mol. The van der Waals surface area contributed by atoms with Gasteiger partial charge in [0.15, 0.2) is 0 Å². The topological polar surface area (TPSA) is 78.4 Å². The lowest BCUT2D eigenvalue weighted by Gasteiger charge is -2.19. The molecule has 5 nitrogen and oxygen atoms in total. The first-order valence-corrected chi connectivity index (χ1v) is 6.33. The largest absolute Gasteiger partial charge is 0.481 e. The first-order valence-electron chi connectivity index (χ1n) is 5.95. The van der Waals surface area contributed by atoms with Gasteiger partial charge in [0, 0.05) is 10.7 Å². The number of benzene rings is 1. The van der Waals surface area contributed by atoms with Crippen molar-refractivity contribution in [1.82, 2.24) is 5.32 Å². The number of nitrogens with one attached hydrogen (secondary N) is 2. The minimum atomic E-state index is -0.975. The van der Waals surface area contributed by atoms with E-state index >= 15 is 0 Å². The van der Waals surface area contributed by atoms with Crippen LogP contribution in [0.15, 0.2) is 35.9 Å². The van der Waals surface area contributed by atoms with Gasteiger partial charge in [-0.3, -0.25) is 4.79 Å². The quantitative estimate of drug-likeness (QED) is 0.781. The fourth-order valence-electron chi connectivity index (χ4n) is 1.45. The number of hydrogen-bond donors (Lipinski definition) is 3. The van der Waals surface area contributed by atoms with Gasteiger partial charge in [0.1, 0.15) is 0 Å². The van der Waals surface area contributed by atoms with Crippen molar-refractivity contribution < 1.29 is 14.7 Å². The van der Waals surface area contributed by atoms with Crippen LogP contribution in [0, 0.1) is 0 Å². The Morgan fingerprint density at radius 2 is 1.85 bits per heavy atom. The van der Waals surface area contributed by atoms with Crippen LogP contribution in [0.25, 0.3) is 0 Å². The molecule has 0 saturated carbocycles. The van der Waals surface area contributed by atoms with Crippen molar-refractivity contribution >= 4 is 29.3 Å². The highest BCUT2D eigenvalue weighted by molar-refractivity contribution is 6.29. The predicted octanol–water partition coefficient (Wildman–Crippen LogP) is 2.92. The molecule has 0 spiro atoms. The summed E-state index contributed by atoms with van der Waals surface area (Å²) in [5, 5.41) is 14.6. The van der Waals surface area contributed by atoms with Gasteiger partial charge in [-0.05, 0) is 31.5 Å². The molecule has 108 valence electrons. The highest BCUT2D eigenvalue weighted by Crippen LogP contribution is 2.24. The van der Waals surface area contributed by atoms with E-state index in [0.29, 0.717) is 16.3 Å². The minimum absolute atomic E-state index is 0.178. The van der Waals surface area contributed by atoms with E-state index in [4.69, 9.17) is 16.7 Å². The van der Waals surface area contributed by atoms with Crippen LogP contribution in [-0.4, -0.2) is 23.7 Å². The summed E-state index contributed by atoms with van der Waals surface area (Å²) in [6.07, 6.45) is 0. The number of hydrogen-bond acceptors (Lipinski definition) is 2. The molecule has 0 aromatic heterocycles. The van der Waals surface area contributed by atoms with E-state index in [0.717, 1.165) is 0 Å². The summed E-state index contributed by atoms with van der Waals surface area (Å²) < 4.78 is 0. The second-order valence-electron chi connectivity index (χ2n) is 4.83. The molecule has 2 amide bonds. The van der Waals surface area contributed by atoms with Gasteiger partial charge in [-0.15, -0.1) is 0 Å². The third-order valence-electron chi connectivity index (χ3n) is 2.84. The molecule has 0 aliphatic rings. The third kappa shape index (κ3) is 4.28. The second-order valence-corrected chi connectivity index (χ2v) is 5.37. The zero-order valence-electron chi connectivity index (χ0n) is 11.4. The molecule has 20 heavy (non-hydrogen) atoms. The van der Waals surface area contributed by atoms with Gasteiger partial charge in [0.25, 0.3) is 0 Å². The molecule has 1 aromatic rings. The Morgan fingerprint density at radius 3 is 2.30 bits per heavy atom. The molecular formula is C14H17ClN2O3. The number of amides is 2. The molecule has 3 N–H and O–H groups in total. The lowest BCUT2D eigenvalue weighted by atomic mass is 9.85. The van der Waals surface area contributed by atoms with Gasteiger partial charge in [-0.25, -0.2) is 4.79 Å². The average Bonchev–Trinajstić information content (AvgIpc) is 2.37. The first-order chi connectivity index (χ1) is 9.23. The van der Waals surface area contributed by atoms with Crippen LogP contribution in [0.4, 0.5) is 10.5 Å². The van der Waals surface area contributed by atoms with E-state index < -0.39 is 17.4 Å². The molecule has 0 atom stereocenters. The Balaban J connectivity index is 2.70. The van der Waals surface area contributed by atoms with E-state index in [1.807, 2.05) is 0 Å². The van der Waals surface area contributed by atoms with Crippen LogP contribution >= 0.6 is 11.6 Å². The number of carboxylic acids is 1. The van der Waals surface area contributed by atoms with E-state index in [1.54, 1.807) is 38.1 Å². The van der Waals surface area contributed by atoms with Gasteiger partial charge in [0.05, 0.1) is 12.0 Å². The Bertz CT molecular complexity index is 524. The Morgan fingerprint density at radius 1 is 1.30 bits per heavy atom. The van der Waals surface area contributed by atoms with E-state index in [9.17, 15) is 9.59 Å². The van der Waals surface area contributed by atoms with Crippen molar-refractivity contribution in [3.8, 4) is 0 Å². The molecule has 0 radical (unpaired) electrons. The maximum Gasteiger partial charge on any atom is 0.319 e. The number of halogens is 1. The molecule has 0 saturated heterocycles. The van der Waals surface area contributed by atoms with Crippen LogP contribution in [0.3, 0.4) is 0 Å². The molecule has 1 rings (SSSR count). The summed E-state index contributed by atoms with van der Waals surface area (Å²) in [6.45, 7) is 6.88. The second kappa shape index (κ2) is 6.43. The highest BCUT2D eigenvalue weighted by Gasteiger charge is 2.29. The molecule has 0 fully saturated rings. The van der Waals surface area contributed by atoms with Crippen molar-refractivity contribution in [2.75, 3.05) is 11.9 Å². The zero-order valence-corrected chi connectivity index (χ0v) is 12.1. The highest BCUT2D eigenvalue weighted by atomic mass is 35.5. The Labute approximate surface area is 122 Å². The van der Waals surface area contributed by atoms with E-state index in [1.165, 1.54) is 0 Å². The van der Waals surface area contributed by atoms with Gasteiger partial charge in [-0.2, -0.15) is 0 Å². The van der Waals surface area contributed by atoms with Crippen molar-refractivity contribution in [2.45, 2.75) is 19.3 Å². The van der Waals surface area contributed by atoms with Crippen molar-refractivity contribution in [3.63, 3.8) is 0 Å². The SMILES string of the molecule is C=C(Cl)CNC(=O)Nc1ccc(C(C)(C)C(=O)O)cc1. The lowest BCUT2D eigenvalue weighted by molar-refractivity contribution is -0.142. The normalized spacial score (nSPS) is 10.8. The summed E-state index contributed by atoms with van der Waals surface area (Å²) in [4.78, 5) is 22.6. The minimum Gasteiger partial charge on any atom is -0.481 e. The average molecular weight is 297 g/mol. The van der Waals surface area contributed by atoms with Gasteiger partial charge < -0.3 is 15.7 Å². The molecule has 0 unspecified atom stereocenters. The lowest BCUT2D eigenvalue weighted by Crippen LogP contribution is -2.30. The summed E-state index contributed by atoms with van der Waals surface area (Å²) in [7, 11) is 0. The van der Waals surface area contributed by atoms with Crippen LogP contribution in [0.5, 0.6) is 0 Å². The van der Waals surface area contributed by atoms with Crippen molar-refractivity contribution in [2.24, 2.45) is 0 Å². The number of carbonyl (C=O) groups excluding carboxylic acids is 1. The smallest absolute Gasteiger partial charge is 0.319 e. The summed E-state index contributed by atoms with van der Waals surface area (Å²) in [5.41, 5.74) is 0.245. The Hall–Kier alpha value is -2.01. The van der Waals surface area contributed by atoms with Gasteiger partial charge in [0.2, 0.25) is 0 Å². The zero-order chi connectivity index (χ0) is 15.3. The van der Waals surface area contributed by atoms with Crippen LogP contribution in [-0.2, 0) is 10.2 Å². The maximum absolute atomic E-state index is 11.5. The van der Waals surface area contributed by atoms with Crippen LogP contribution < -0.4 is 10.6 Å². The monoisotopic (exact) mass is 296 g/mol. The fourth-order valence-corrected chi connectivity index (χ4v) is 1.51. The summed E-state index contributed by atoms with van der Waals surface area (Å²) >= 11 is 5.53. The maximum atomic E-state index is 11.5. The number of aliphatic carboxylic acids is 1. The molecule has 1 aromatic carbocycles. The standard InChI is InChI=1S/C14H17ClN2O3/c1-9(15)8-16-13(20)17-11-6-4-10(5-7-11)14(2,3)12(18)19/h4-7H,1,8H2,2-3H3,(H,18,19)(H2,16,17,20). The number of carboxylic acid groups (broad SMARTS) is 1. The summed E-state index contributed by atoms with van der Waals surface area (Å²) in [5.74, 6) is -0.906. The number of carbonyl (C=O) groups is 2. The van der Waals surface area contributed by atoms with Crippen molar-refractivity contribution in [3.05, 3.63) is 41.4 Å². The molecule has 0 bridgehead atoms. The number of anilines is 1. The summed E-state index contributed by atoms with van der Waals surface area (Å²) in [6, 6.07) is 6.23. The van der Waals surface area contributed by atoms with Crippen LogP contribution in [0.1, 0.15) is 19.4 Å². The molecule has 0 aliphatic carbocycles. The van der Waals surface area contributed by atoms with Gasteiger partial charge >= 0.3 is 12.0 Å².